The Balaban J connectivity index is 1.97. The summed E-state index contributed by atoms with van der Waals surface area (Å²) in [7, 11) is 1.58. The van der Waals surface area contributed by atoms with Crippen molar-refractivity contribution in [2.75, 3.05) is 13.7 Å². The zero-order valence-electron chi connectivity index (χ0n) is 18.1. The fraction of sp³-hybridized carbons (Fsp3) is 0.208. The molecule has 0 bridgehead atoms. The van der Waals surface area contributed by atoms with Crippen LogP contribution in [0.15, 0.2) is 63.5 Å². The molecule has 3 aromatic rings. The van der Waals surface area contributed by atoms with Crippen LogP contribution in [0.4, 0.5) is 0 Å². The second-order valence-corrected chi connectivity index (χ2v) is 9.03. The third-order valence-corrected chi connectivity index (χ3v) is 6.87. The highest BCUT2D eigenvalue weighted by Crippen LogP contribution is 2.31. The fourth-order valence-corrected chi connectivity index (χ4v) is 5.21. The average Bonchev–Trinajstić information content (AvgIpc) is 3.10. The van der Waals surface area contributed by atoms with Gasteiger partial charge in [0.25, 0.3) is 5.56 Å². The number of allylic oxidation sites excluding steroid dienone is 1. The number of nitrogens with zero attached hydrogens (tertiary/aromatic N) is 2. The number of ether oxygens (including phenoxy) is 2. The molecule has 9 heteroatoms. The van der Waals surface area contributed by atoms with Crippen LogP contribution in [-0.4, -0.2) is 24.3 Å². The molecule has 170 valence electrons. The van der Waals surface area contributed by atoms with Gasteiger partial charge in [-0.05, 0) is 49.8 Å². The fourth-order valence-electron chi connectivity index (χ4n) is 3.67. The maximum Gasteiger partial charge on any atom is 0.338 e. The van der Waals surface area contributed by atoms with Crippen molar-refractivity contribution in [1.29, 1.82) is 0 Å². The van der Waals surface area contributed by atoms with Crippen LogP contribution in [0.5, 0.6) is 5.75 Å². The number of rotatable bonds is 5. The quantitative estimate of drug-likeness (QED) is 0.492. The lowest BCUT2D eigenvalue weighted by Gasteiger charge is -2.24. The molecule has 1 atom stereocenters. The third kappa shape index (κ3) is 4.36. The molecule has 1 aromatic heterocycles. The first-order valence-corrected chi connectivity index (χ1v) is 11.7. The number of thiazole rings is 1. The first-order chi connectivity index (χ1) is 15.8. The van der Waals surface area contributed by atoms with E-state index in [0.717, 1.165) is 5.56 Å². The lowest BCUT2D eigenvalue weighted by Crippen LogP contribution is -2.39. The number of methoxy groups -OCH3 is 1. The molecule has 0 saturated heterocycles. The lowest BCUT2D eigenvalue weighted by atomic mass is 9.96. The zero-order chi connectivity index (χ0) is 23.7. The molecule has 0 radical (unpaired) electrons. The Kier molecular flexibility index (Phi) is 6.74. The average molecular weight is 503 g/mol. The van der Waals surface area contributed by atoms with Gasteiger partial charge < -0.3 is 9.47 Å². The molecule has 1 aliphatic heterocycles. The van der Waals surface area contributed by atoms with Crippen molar-refractivity contribution in [2.24, 2.45) is 4.99 Å². The van der Waals surface area contributed by atoms with E-state index in [9.17, 15) is 9.59 Å². The SMILES string of the molecule is CCOC(=O)C1=C(C)N=c2s/c(=C\c3c(Cl)cccc3Cl)c(=O)n2[C@H]1c1ccc(OC)cc1. The van der Waals surface area contributed by atoms with Crippen molar-refractivity contribution in [3.05, 3.63) is 94.6 Å². The number of carbonyl (C=O) groups is 1. The van der Waals surface area contributed by atoms with Crippen molar-refractivity contribution < 1.29 is 14.3 Å². The van der Waals surface area contributed by atoms with E-state index in [1.807, 2.05) is 12.1 Å². The molecule has 6 nitrogen and oxygen atoms in total. The Bertz CT molecular complexity index is 1420. The first-order valence-electron chi connectivity index (χ1n) is 10.1. The van der Waals surface area contributed by atoms with Crippen LogP contribution < -0.4 is 19.6 Å². The summed E-state index contributed by atoms with van der Waals surface area (Å²) < 4.78 is 12.5. The van der Waals surface area contributed by atoms with Crippen LogP contribution in [0.1, 0.15) is 31.0 Å². The van der Waals surface area contributed by atoms with Crippen molar-refractivity contribution in [3.8, 4) is 5.75 Å². The van der Waals surface area contributed by atoms with Crippen LogP contribution in [0, 0.1) is 0 Å². The van der Waals surface area contributed by atoms with Crippen molar-refractivity contribution >= 4 is 46.6 Å². The van der Waals surface area contributed by atoms with Gasteiger partial charge in [0.05, 0.1) is 35.6 Å². The second kappa shape index (κ2) is 9.55. The molecule has 0 unspecified atom stereocenters. The van der Waals surface area contributed by atoms with Gasteiger partial charge in [-0.3, -0.25) is 9.36 Å². The van der Waals surface area contributed by atoms with Crippen LogP contribution in [0.3, 0.4) is 0 Å². The Morgan fingerprint density at radius 1 is 1.18 bits per heavy atom. The molecule has 0 spiro atoms. The molecule has 0 saturated carbocycles. The monoisotopic (exact) mass is 502 g/mol. The molecule has 0 amide bonds. The van der Waals surface area contributed by atoms with Gasteiger partial charge in [-0.25, -0.2) is 9.79 Å². The highest BCUT2D eigenvalue weighted by Gasteiger charge is 2.33. The van der Waals surface area contributed by atoms with E-state index >= 15 is 0 Å². The Hall–Kier alpha value is -2.87. The van der Waals surface area contributed by atoms with Crippen LogP contribution in [-0.2, 0) is 9.53 Å². The number of benzene rings is 2. The van der Waals surface area contributed by atoms with E-state index < -0.39 is 12.0 Å². The van der Waals surface area contributed by atoms with E-state index in [4.69, 9.17) is 32.7 Å². The van der Waals surface area contributed by atoms with Crippen LogP contribution >= 0.6 is 34.5 Å². The van der Waals surface area contributed by atoms with Gasteiger partial charge >= 0.3 is 5.97 Å². The van der Waals surface area contributed by atoms with Crippen LogP contribution in [0.2, 0.25) is 10.0 Å². The maximum atomic E-state index is 13.6. The third-order valence-electron chi connectivity index (χ3n) is 5.22. The molecular weight excluding hydrogens is 483 g/mol. The number of carbonyl (C=O) groups excluding carboxylic acids is 1. The number of aromatic nitrogens is 1. The van der Waals surface area contributed by atoms with E-state index in [2.05, 4.69) is 4.99 Å². The Morgan fingerprint density at radius 2 is 1.85 bits per heavy atom. The summed E-state index contributed by atoms with van der Waals surface area (Å²) in [6.45, 7) is 3.68. The van der Waals surface area contributed by atoms with Gasteiger partial charge in [-0.15, -0.1) is 0 Å². The number of halogens is 2. The van der Waals surface area contributed by atoms with E-state index in [1.165, 1.54) is 15.9 Å². The normalized spacial score (nSPS) is 15.8. The van der Waals surface area contributed by atoms with Gasteiger partial charge in [0.15, 0.2) is 4.80 Å². The topological polar surface area (TPSA) is 69.9 Å². The maximum absolute atomic E-state index is 13.6. The highest BCUT2D eigenvalue weighted by atomic mass is 35.5. The van der Waals surface area contributed by atoms with E-state index in [-0.39, 0.29) is 12.2 Å². The summed E-state index contributed by atoms with van der Waals surface area (Å²) in [6, 6.07) is 11.7. The number of hydrogen-bond acceptors (Lipinski definition) is 6. The summed E-state index contributed by atoms with van der Waals surface area (Å²) in [5.41, 5.74) is 1.80. The van der Waals surface area contributed by atoms with Gasteiger partial charge in [0, 0.05) is 15.6 Å². The van der Waals surface area contributed by atoms with E-state index in [1.54, 1.807) is 57.4 Å². The Labute approximate surface area is 204 Å². The molecule has 0 N–H and O–H groups in total. The van der Waals surface area contributed by atoms with Gasteiger partial charge in [0.2, 0.25) is 0 Å². The number of hydrogen-bond donors (Lipinski definition) is 0. The molecule has 4 rings (SSSR count). The Morgan fingerprint density at radius 3 is 2.45 bits per heavy atom. The molecule has 33 heavy (non-hydrogen) atoms. The van der Waals surface area contributed by atoms with Crippen molar-refractivity contribution in [1.82, 2.24) is 4.57 Å². The minimum absolute atomic E-state index is 0.209. The molecule has 0 fully saturated rings. The minimum atomic E-state index is -0.699. The molecular formula is C24H20Cl2N2O4S. The van der Waals surface area contributed by atoms with Gasteiger partial charge in [0.1, 0.15) is 5.75 Å². The number of fused-ring (bicyclic) bond motifs is 1. The predicted molar refractivity (Wildman–Crippen MR) is 130 cm³/mol. The summed E-state index contributed by atoms with van der Waals surface area (Å²) in [5.74, 6) is 0.154. The van der Waals surface area contributed by atoms with Crippen molar-refractivity contribution in [3.63, 3.8) is 0 Å². The summed E-state index contributed by atoms with van der Waals surface area (Å²) in [5, 5.41) is 0.867. The number of esters is 1. The highest BCUT2D eigenvalue weighted by molar-refractivity contribution is 7.07. The zero-order valence-corrected chi connectivity index (χ0v) is 20.4. The summed E-state index contributed by atoms with van der Waals surface area (Å²) in [6.07, 6.45) is 1.66. The second-order valence-electron chi connectivity index (χ2n) is 7.21. The summed E-state index contributed by atoms with van der Waals surface area (Å²) >= 11 is 13.8. The van der Waals surface area contributed by atoms with Crippen LogP contribution in [0.25, 0.3) is 6.08 Å². The van der Waals surface area contributed by atoms with Gasteiger partial charge in [-0.1, -0.05) is 52.7 Å². The molecule has 2 heterocycles. The standard InChI is InChI=1S/C24H20Cl2N2O4S/c1-4-32-23(30)20-13(2)27-24-28(21(20)14-8-10-15(31-3)11-9-14)22(29)19(33-24)12-16-17(25)6-5-7-18(16)26/h5-12,21H,4H2,1-3H3/b19-12-/t21-/m0/s1. The van der Waals surface area contributed by atoms with E-state index in [0.29, 0.717) is 42.0 Å². The predicted octanol–water partition coefficient (Wildman–Crippen LogP) is 4.11. The first kappa shape index (κ1) is 23.3. The molecule has 0 aliphatic carbocycles. The largest absolute Gasteiger partial charge is 0.497 e. The smallest absolute Gasteiger partial charge is 0.338 e. The minimum Gasteiger partial charge on any atom is -0.497 e. The van der Waals surface area contributed by atoms with Gasteiger partial charge in [-0.2, -0.15) is 0 Å². The summed E-state index contributed by atoms with van der Waals surface area (Å²) in [4.78, 5) is 31.5. The molecule has 1 aliphatic rings. The lowest BCUT2D eigenvalue weighted by molar-refractivity contribution is -0.139. The van der Waals surface area contributed by atoms with Crippen molar-refractivity contribution in [2.45, 2.75) is 19.9 Å². The molecule has 2 aromatic carbocycles.